The lowest BCUT2D eigenvalue weighted by Gasteiger charge is -2.05. The lowest BCUT2D eigenvalue weighted by Crippen LogP contribution is -1.98. The van der Waals surface area contributed by atoms with Crippen molar-refractivity contribution >= 4 is 29.2 Å². The Bertz CT molecular complexity index is 566. The summed E-state index contributed by atoms with van der Waals surface area (Å²) >= 11 is 11.8. The molecule has 0 saturated carbocycles. The number of aromatic nitrogens is 2. The number of hydrogen-bond donors (Lipinski definition) is 1. The summed E-state index contributed by atoms with van der Waals surface area (Å²) in [4.78, 5) is 14.4. The molecule has 0 aliphatic heterocycles. The number of hydrogen-bond acceptors (Lipinski definition) is 2. The summed E-state index contributed by atoms with van der Waals surface area (Å²) < 4.78 is 1.65. The maximum Gasteiger partial charge on any atom is 0.356 e. The van der Waals surface area contributed by atoms with Crippen molar-refractivity contribution in [2.45, 2.75) is 6.54 Å². The first-order valence-electron chi connectivity index (χ1n) is 4.75. The predicted octanol–water partition coefficient (Wildman–Crippen LogP) is 2.94. The summed E-state index contributed by atoms with van der Waals surface area (Å²) in [5, 5.41) is 9.85. The number of halogens is 2. The summed E-state index contributed by atoms with van der Waals surface area (Å²) in [5.41, 5.74) is 0.862. The highest BCUT2D eigenvalue weighted by Crippen LogP contribution is 2.21. The van der Waals surface area contributed by atoms with Gasteiger partial charge in [-0.25, -0.2) is 9.78 Å². The summed E-state index contributed by atoms with van der Waals surface area (Å²) in [6, 6.07) is 5.18. The molecule has 0 radical (unpaired) electrons. The zero-order valence-electron chi connectivity index (χ0n) is 8.60. The molecule has 88 valence electrons. The van der Waals surface area contributed by atoms with Gasteiger partial charge < -0.3 is 9.67 Å². The third kappa shape index (κ3) is 2.78. The van der Waals surface area contributed by atoms with Crippen LogP contribution in [-0.4, -0.2) is 20.6 Å². The molecule has 0 saturated heterocycles. The average molecular weight is 271 g/mol. The van der Waals surface area contributed by atoms with Crippen LogP contribution in [0, 0.1) is 0 Å². The molecule has 1 aromatic heterocycles. The van der Waals surface area contributed by atoms with Crippen molar-refractivity contribution in [2.75, 3.05) is 0 Å². The second kappa shape index (κ2) is 4.77. The normalized spacial score (nSPS) is 10.5. The minimum atomic E-state index is -1.05. The highest BCUT2D eigenvalue weighted by atomic mass is 35.5. The van der Waals surface area contributed by atoms with Crippen molar-refractivity contribution in [3.63, 3.8) is 0 Å². The fourth-order valence-electron chi connectivity index (χ4n) is 1.40. The number of carboxylic acid groups (broad SMARTS) is 1. The molecule has 0 bridgehead atoms. The molecule has 1 heterocycles. The molecular weight excluding hydrogens is 263 g/mol. The minimum absolute atomic E-state index is 0.00934. The van der Waals surface area contributed by atoms with Crippen molar-refractivity contribution < 1.29 is 9.90 Å². The fraction of sp³-hybridized carbons (Fsp3) is 0.0909. The zero-order valence-corrected chi connectivity index (χ0v) is 10.1. The number of rotatable bonds is 3. The molecule has 1 N–H and O–H groups in total. The number of carbonyl (C=O) groups is 1. The van der Waals surface area contributed by atoms with Crippen LogP contribution in [-0.2, 0) is 6.54 Å². The minimum Gasteiger partial charge on any atom is -0.476 e. The topological polar surface area (TPSA) is 55.1 Å². The van der Waals surface area contributed by atoms with Gasteiger partial charge in [-0.3, -0.25) is 0 Å². The van der Waals surface area contributed by atoms with Crippen molar-refractivity contribution in [3.05, 3.63) is 52.0 Å². The quantitative estimate of drug-likeness (QED) is 0.933. The highest BCUT2D eigenvalue weighted by Gasteiger charge is 2.08. The molecule has 0 aliphatic rings. The molecule has 1 aromatic carbocycles. The van der Waals surface area contributed by atoms with Crippen LogP contribution in [0.15, 0.2) is 30.7 Å². The first kappa shape index (κ1) is 12.0. The molecule has 2 rings (SSSR count). The lowest BCUT2D eigenvalue weighted by atomic mass is 10.2. The standard InChI is InChI=1S/C11H8Cl2N2O2/c12-8-2-1-7(9(13)3-8)4-15-5-10(11(16)17)14-6-15/h1-3,5-6H,4H2,(H,16,17). The van der Waals surface area contributed by atoms with Gasteiger partial charge in [-0.1, -0.05) is 29.3 Å². The van der Waals surface area contributed by atoms with Gasteiger partial charge in [0.15, 0.2) is 5.69 Å². The van der Waals surface area contributed by atoms with Crippen molar-refractivity contribution in [1.82, 2.24) is 9.55 Å². The van der Waals surface area contributed by atoms with E-state index in [0.29, 0.717) is 16.6 Å². The number of imidazole rings is 1. The smallest absolute Gasteiger partial charge is 0.356 e. The number of nitrogens with zero attached hydrogens (tertiary/aromatic N) is 2. The van der Waals surface area contributed by atoms with E-state index < -0.39 is 5.97 Å². The van der Waals surface area contributed by atoms with Crippen LogP contribution in [0.3, 0.4) is 0 Å². The summed E-state index contributed by atoms with van der Waals surface area (Å²) in [5.74, 6) is -1.05. The SMILES string of the molecule is O=C(O)c1cn(Cc2ccc(Cl)cc2Cl)cn1. The third-order valence-electron chi connectivity index (χ3n) is 2.22. The third-order valence-corrected chi connectivity index (χ3v) is 2.81. The van der Waals surface area contributed by atoms with Crippen molar-refractivity contribution in [1.29, 1.82) is 0 Å². The maximum absolute atomic E-state index is 10.7. The average Bonchev–Trinajstić information content (AvgIpc) is 2.71. The summed E-state index contributed by atoms with van der Waals surface area (Å²) in [6.45, 7) is 0.455. The second-order valence-electron chi connectivity index (χ2n) is 3.47. The van der Waals surface area contributed by atoms with E-state index >= 15 is 0 Å². The van der Waals surface area contributed by atoms with E-state index in [9.17, 15) is 4.79 Å². The molecule has 17 heavy (non-hydrogen) atoms. The van der Waals surface area contributed by atoms with Crippen LogP contribution in [0.25, 0.3) is 0 Å². The molecule has 0 unspecified atom stereocenters. The molecule has 4 nitrogen and oxygen atoms in total. The van der Waals surface area contributed by atoms with Crippen LogP contribution in [0.4, 0.5) is 0 Å². The Morgan fingerprint density at radius 2 is 2.18 bits per heavy atom. The largest absolute Gasteiger partial charge is 0.476 e. The van der Waals surface area contributed by atoms with E-state index in [1.807, 2.05) is 0 Å². The van der Waals surface area contributed by atoms with E-state index in [1.165, 1.54) is 12.5 Å². The van der Waals surface area contributed by atoms with Gasteiger partial charge in [-0.05, 0) is 17.7 Å². The molecule has 2 aromatic rings. The Morgan fingerprint density at radius 1 is 1.41 bits per heavy atom. The van der Waals surface area contributed by atoms with Crippen molar-refractivity contribution in [2.24, 2.45) is 0 Å². The van der Waals surface area contributed by atoms with Crippen LogP contribution in [0.5, 0.6) is 0 Å². The fourth-order valence-corrected chi connectivity index (χ4v) is 1.87. The first-order chi connectivity index (χ1) is 8.06. The zero-order chi connectivity index (χ0) is 12.4. The van der Waals surface area contributed by atoms with E-state index in [0.717, 1.165) is 5.56 Å². The molecule has 0 aliphatic carbocycles. The van der Waals surface area contributed by atoms with Gasteiger partial charge in [0.1, 0.15) is 0 Å². The predicted molar refractivity (Wildman–Crippen MR) is 64.8 cm³/mol. The van der Waals surface area contributed by atoms with Crippen LogP contribution in [0.1, 0.15) is 16.1 Å². The van der Waals surface area contributed by atoms with Crippen LogP contribution in [0.2, 0.25) is 10.0 Å². The van der Waals surface area contributed by atoms with Gasteiger partial charge in [0.2, 0.25) is 0 Å². The van der Waals surface area contributed by atoms with Crippen LogP contribution < -0.4 is 0 Å². The molecule has 0 amide bonds. The Morgan fingerprint density at radius 3 is 2.76 bits per heavy atom. The molecule has 0 atom stereocenters. The van der Waals surface area contributed by atoms with Gasteiger partial charge >= 0.3 is 5.97 Å². The van der Waals surface area contributed by atoms with Gasteiger partial charge in [0.25, 0.3) is 0 Å². The van der Waals surface area contributed by atoms with Gasteiger partial charge in [-0.15, -0.1) is 0 Å². The summed E-state index contributed by atoms with van der Waals surface area (Å²) in [6.07, 6.45) is 2.90. The van der Waals surface area contributed by atoms with E-state index in [4.69, 9.17) is 28.3 Å². The van der Waals surface area contributed by atoms with Crippen LogP contribution >= 0.6 is 23.2 Å². The Kier molecular flexibility index (Phi) is 3.36. The summed E-state index contributed by atoms with van der Waals surface area (Å²) in [7, 11) is 0. The highest BCUT2D eigenvalue weighted by molar-refractivity contribution is 6.35. The van der Waals surface area contributed by atoms with Gasteiger partial charge in [-0.2, -0.15) is 0 Å². The van der Waals surface area contributed by atoms with E-state index in [-0.39, 0.29) is 5.69 Å². The van der Waals surface area contributed by atoms with Gasteiger partial charge in [0, 0.05) is 22.8 Å². The Hall–Kier alpha value is -1.52. The van der Waals surface area contributed by atoms with E-state index in [1.54, 1.807) is 22.8 Å². The van der Waals surface area contributed by atoms with E-state index in [2.05, 4.69) is 4.98 Å². The van der Waals surface area contributed by atoms with Gasteiger partial charge in [0.05, 0.1) is 6.33 Å². The number of benzene rings is 1. The Balaban J connectivity index is 2.22. The first-order valence-corrected chi connectivity index (χ1v) is 5.51. The molecule has 6 heteroatoms. The molecule has 0 fully saturated rings. The Labute approximate surface area is 107 Å². The number of carboxylic acids is 1. The van der Waals surface area contributed by atoms with Crippen molar-refractivity contribution in [3.8, 4) is 0 Å². The molecule has 0 spiro atoms. The molecular formula is C11H8Cl2N2O2. The monoisotopic (exact) mass is 270 g/mol. The lowest BCUT2D eigenvalue weighted by molar-refractivity contribution is 0.0691. The second-order valence-corrected chi connectivity index (χ2v) is 4.32. The maximum atomic E-state index is 10.7. The number of aromatic carboxylic acids is 1.